The van der Waals surface area contributed by atoms with E-state index in [1.54, 1.807) is 22.7 Å². The van der Waals surface area contributed by atoms with Crippen LogP contribution in [0, 0.1) is 0 Å². The second kappa shape index (κ2) is 12.6. The third-order valence-electron chi connectivity index (χ3n) is 8.76. The number of aromatic nitrogens is 3. The van der Waals surface area contributed by atoms with Crippen LogP contribution in [0.15, 0.2) is 41.3 Å². The molecule has 1 aromatic carbocycles. The van der Waals surface area contributed by atoms with Crippen LogP contribution in [0.2, 0.25) is 30.7 Å². The van der Waals surface area contributed by atoms with Gasteiger partial charge in [-0.05, 0) is 56.6 Å². The van der Waals surface area contributed by atoms with Crippen molar-refractivity contribution in [3.8, 4) is 0 Å². The molecule has 2 aromatic heterocycles. The van der Waals surface area contributed by atoms with Crippen molar-refractivity contribution in [3.05, 3.63) is 85.5 Å². The molecule has 0 fully saturated rings. The van der Waals surface area contributed by atoms with Crippen molar-refractivity contribution in [3.63, 3.8) is 0 Å². The minimum atomic E-state index is -4.71. The van der Waals surface area contributed by atoms with Crippen molar-refractivity contribution in [1.82, 2.24) is 24.1 Å². The first-order valence-electron chi connectivity index (χ1n) is 15.3. The van der Waals surface area contributed by atoms with Gasteiger partial charge >= 0.3 is 6.18 Å². The molecule has 4 heterocycles. The molecule has 0 aliphatic carbocycles. The van der Waals surface area contributed by atoms with Gasteiger partial charge in [-0.3, -0.25) is 23.6 Å². The Balaban J connectivity index is 1.37. The van der Waals surface area contributed by atoms with E-state index < -0.39 is 36.8 Å². The van der Waals surface area contributed by atoms with Gasteiger partial charge in [0.15, 0.2) is 0 Å². The highest BCUT2D eigenvalue weighted by atomic mass is 35.5. The number of hydrogen-bond acceptors (Lipinski definition) is 5. The molecule has 46 heavy (non-hydrogen) atoms. The predicted octanol–water partition coefficient (Wildman–Crippen LogP) is 6.39. The molecule has 0 spiro atoms. The fourth-order valence-electron chi connectivity index (χ4n) is 5.95. The highest BCUT2D eigenvalue weighted by Crippen LogP contribution is 2.37. The number of ether oxygens (including phenoxy) is 1. The minimum absolute atomic E-state index is 0.0169. The summed E-state index contributed by atoms with van der Waals surface area (Å²) in [6.07, 6.45) is -2.69. The average Bonchev–Trinajstić information content (AvgIpc) is 3.35. The van der Waals surface area contributed by atoms with Crippen LogP contribution < -0.4 is 5.56 Å². The lowest BCUT2D eigenvalue weighted by atomic mass is 9.96. The Bertz CT molecular complexity index is 1720. The number of benzene rings is 1. The van der Waals surface area contributed by atoms with E-state index >= 15 is 0 Å². The number of nitrogens with zero attached hydrogens (tertiary/aromatic N) is 5. The Morgan fingerprint density at radius 2 is 1.85 bits per heavy atom. The van der Waals surface area contributed by atoms with Crippen molar-refractivity contribution in [2.45, 2.75) is 90.5 Å². The molecular weight excluding hydrogens is 639 g/mol. The molecule has 0 radical (unpaired) electrons. The van der Waals surface area contributed by atoms with E-state index in [-0.39, 0.29) is 42.4 Å². The van der Waals surface area contributed by atoms with Gasteiger partial charge in [0.1, 0.15) is 12.4 Å². The van der Waals surface area contributed by atoms with E-state index in [4.69, 9.17) is 21.4 Å². The topological polar surface area (TPSA) is 89.7 Å². The number of hydrogen-bond donors (Lipinski definition) is 0. The Kier molecular flexibility index (Phi) is 9.33. The maximum atomic E-state index is 14.1. The Hall–Kier alpha value is -3.42. The molecule has 9 nitrogen and oxygen atoms in total. The Labute approximate surface area is 271 Å². The largest absolute Gasteiger partial charge is 0.417 e. The summed E-state index contributed by atoms with van der Waals surface area (Å²) in [7, 11) is -1.25. The molecule has 3 atom stereocenters. The van der Waals surface area contributed by atoms with Gasteiger partial charge in [-0.15, -0.1) is 0 Å². The molecule has 248 valence electrons. The zero-order valence-electron chi connectivity index (χ0n) is 26.8. The summed E-state index contributed by atoms with van der Waals surface area (Å²) < 4.78 is 49.5. The molecule has 5 rings (SSSR count). The van der Waals surface area contributed by atoms with E-state index in [9.17, 15) is 27.6 Å². The predicted molar refractivity (Wildman–Crippen MR) is 171 cm³/mol. The summed E-state index contributed by atoms with van der Waals surface area (Å²) in [6, 6.07) is 6.47. The summed E-state index contributed by atoms with van der Waals surface area (Å²) in [5, 5.41) is 4.26. The van der Waals surface area contributed by atoms with Crippen molar-refractivity contribution in [1.29, 1.82) is 0 Å². The normalized spacial score (nSPS) is 19.2. The van der Waals surface area contributed by atoms with Crippen LogP contribution in [0.3, 0.4) is 0 Å². The number of carbonyl (C=O) groups is 2. The number of halogens is 4. The molecule has 0 bridgehead atoms. The smallest absolute Gasteiger partial charge is 0.361 e. The average molecular weight is 678 g/mol. The number of fused-ring (bicyclic) bond motifs is 3. The Morgan fingerprint density at radius 1 is 1.13 bits per heavy atom. The number of carbonyl (C=O) groups excluding carboxylic acids is 2. The van der Waals surface area contributed by atoms with Gasteiger partial charge in [0.05, 0.1) is 34.9 Å². The highest BCUT2D eigenvalue weighted by molar-refractivity contribution is 6.76. The van der Waals surface area contributed by atoms with E-state index in [2.05, 4.69) is 19.6 Å². The van der Waals surface area contributed by atoms with Crippen molar-refractivity contribution >= 4 is 31.5 Å². The molecular formula is C32H39ClF3N5O4Si. The van der Waals surface area contributed by atoms with Gasteiger partial charge in [0.2, 0.25) is 0 Å². The summed E-state index contributed by atoms with van der Waals surface area (Å²) in [4.78, 5) is 43.7. The van der Waals surface area contributed by atoms with Crippen LogP contribution in [-0.4, -0.2) is 63.2 Å². The quantitative estimate of drug-likeness (QED) is 0.204. The highest BCUT2D eigenvalue weighted by Gasteiger charge is 2.41. The fourth-order valence-corrected chi connectivity index (χ4v) is 6.93. The van der Waals surface area contributed by atoms with Crippen LogP contribution in [-0.2, 0) is 30.6 Å². The molecule has 0 saturated heterocycles. The van der Waals surface area contributed by atoms with Crippen LogP contribution in [0.25, 0.3) is 0 Å². The third-order valence-corrected chi connectivity index (χ3v) is 10.8. The summed E-state index contributed by atoms with van der Waals surface area (Å²) in [5.41, 5.74) is 0.849. The van der Waals surface area contributed by atoms with Crippen molar-refractivity contribution < 1.29 is 27.5 Å². The van der Waals surface area contributed by atoms with Gasteiger partial charge in [0.25, 0.3) is 17.4 Å². The molecule has 1 unspecified atom stereocenters. The Morgan fingerprint density at radius 3 is 2.50 bits per heavy atom. The van der Waals surface area contributed by atoms with E-state index in [0.717, 1.165) is 18.2 Å². The summed E-state index contributed by atoms with van der Waals surface area (Å²) >= 11 is 5.78. The third kappa shape index (κ3) is 6.81. The van der Waals surface area contributed by atoms with Crippen molar-refractivity contribution in [2.75, 3.05) is 13.2 Å². The molecule has 0 N–H and O–H groups in total. The lowest BCUT2D eigenvalue weighted by Crippen LogP contribution is -2.45. The van der Waals surface area contributed by atoms with Gasteiger partial charge in [0, 0.05) is 57.1 Å². The standard InChI is InChI=1S/C32H39ClF3N5O4Si/c1-19-13-27-24(17-39(19)30(43)23-7-8-26(33)25(14-23)32(34,35)36)29-31(44)40(16-20(2)41(29)37-27)21(3)22-9-10-38(28(42)15-22)18-45-11-12-46(4,5)6/h7-10,14-15,19-21H,11-13,16-18H2,1-6H3/t19-,20-,21?/m1/s1. The van der Waals surface area contributed by atoms with E-state index in [1.807, 2.05) is 19.9 Å². The van der Waals surface area contributed by atoms with Gasteiger partial charge in [-0.2, -0.15) is 18.3 Å². The summed E-state index contributed by atoms with van der Waals surface area (Å²) in [6.45, 7) is 13.5. The van der Waals surface area contributed by atoms with Gasteiger partial charge in [-0.1, -0.05) is 31.2 Å². The number of rotatable bonds is 8. The maximum absolute atomic E-state index is 14.1. The number of amides is 2. The molecule has 2 amide bonds. The lowest BCUT2D eigenvalue weighted by Gasteiger charge is -2.37. The zero-order valence-corrected chi connectivity index (χ0v) is 28.6. The number of alkyl halides is 3. The molecule has 0 saturated carbocycles. The summed E-state index contributed by atoms with van der Waals surface area (Å²) in [5.74, 6) is -0.877. The van der Waals surface area contributed by atoms with Crippen LogP contribution in [0.4, 0.5) is 13.2 Å². The minimum Gasteiger partial charge on any atom is -0.361 e. The molecule has 3 aromatic rings. The van der Waals surface area contributed by atoms with Crippen LogP contribution in [0.5, 0.6) is 0 Å². The van der Waals surface area contributed by atoms with Gasteiger partial charge < -0.3 is 14.5 Å². The second-order valence-corrected chi connectivity index (χ2v) is 19.5. The second-order valence-electron chi connectivity index (χ2n) is 13.5. The van der Waals surface area contributed by atoms with E-state index in [1.165, 1.54) is 21.6 Å². The number of pyridine rings is 1. The zero-order chi connectivity index (χ0) is 33.7. The van der Waals surface area contributed by atoms with Crippen molar-refractivity contribution in [2.24, 2.45) is 0 Å². The first-order valence-corrected chi connectivity index (χ1v) is 19.4. The van der Waals surface area contributed by atoms with Gasteiger partial charge in [-0.25, -0.2) is 0 Å². The first-order chi connectivity index (χ1) is 21.5. The van der Waals surface area contributed by atoms with E-state index in [0.29, 0.717) is 42.1 Å². The fraction of sp³-hybridized carbons (Fsp3) is 0.500. The van der Waals surface area contributed by atoms with Crippen LogP contribution in [0.1, 0.15) is 76.1 Å². The SMILES string of the molecule is CC(c1ccn(COCC[Si](C)(C)C)c(=O)c1)N1C[C@@H](C)n2nc3c(c2C1=O)CN(C(=O)c1ccc(Cl)c(C(F)(F)F)c1)[C@H](C)C3. The first kappa shape index (κ1) is 33.9. The molecule has 14 heteroatoms. The molecule has 2 aliphatic rings. The monoisotopic (exact) mass is 677 g/mol. The lowest BCUT2D eigenvalue weighted by molar-refractivity contribution is -0.137. The van der Waals surface area contributed by atoms with Crippen LogP contribution >= 0.6 is 11.6 Å². The maximum Gasteiger partial charge on any atom is 0.417 e. The molecule has 2 aliphatic heterocycles.